The van der Waals surface area contributed by atoms with Crippen molar-refractivity contribution in [1.82, 2.24) is 4.98 Å². The van der Waals surface area contributed by atoms with E-state index in [2.05, 4.69) is 26.2 Å². The summed E-state index contributed by atoms with van der Waals surface area (Å²) in [6.07, 6.45) is 0. The molecule has 6 nitrogen and oxygen atoms in total. The fraction of sp³-hybridized carbons (Fsp3) is 0.188. The Balaban J connectivity index is 1.87. The minimum atomic E-state index is -0.716. The summed E-state index contributed by atoms with van der Waals surface area (Å²) in [4.78, 5) is 30.3. The lowest BCUT2D eigenvalue weighted by atomic mass is 10.2. The monoisotopic (exact) mass is 375 g/mol. The number of ether oxygens (including phenoxy) is 1. The molecule has 1 aromatic heterocycles. The smallest absolute Gasteiger partial charge is 0.266 e. The highest BCUT2D eigenvalue weighted by Crippen LogP contribution is 2.32. The first kappa shape index (κ1) is 15.5. The van der Waals surface area contributed by atoms with Gasteiger partial charge in [0.15, 0.2) is 18.2 Å². The third-order valence-electron chi connectivity index (χ3n) is 3.46. The van der Waals surface area contributed by atoms with Crippen LogP contribution in [-0.4, -0.2) is 29.4 Å². The number of halogens is 1. The van der Waals surface area contributed by atoms with Gasteiger partial charge >= 0.3 is 0 Å². The molecule has 2 amide bonds. The van der Waals surface area contributed by atoms with Gasteiger partial charge < -0.3 is 10.1 Å². The molecule has 2 heterocycles. The van der Waals surface area contributed by atoms with Crippen LogP contribution in [0.2, 0.25) is 0 Å². The van der Waals surface area contributed by atoms with E-state index >= 15 is 0 Å². The minimum Gasteiger partial charge on any atom is -0.480 e. The van der Waals surface area contributed by atoms with E-state index in [0.717, 1.165) is 0 Å². The van der Waals surface area contributed by atoms with Crippen LogP contribution in [0.1, 0.15) is 6.92 Å². The third-order valence-corrected chi connectivity index (χ3v) is 3.90. The van der Waals surface area contributed by atoms with Crippen LogP contribution in [0.4, 0.5) is 11.5 Å². The number of benzene rings is 1. The van der Waals surface area contributed by atoms with Crippen LogP contribution < -0.4 is 15.0 Å². The molecule has 1 aliphatic heterocycles. The first-order valence-corrected chi connectivity index (χ1v) is 7.83. The lowest BCUT2D eigenvalue weighted by molar-refractivity contribution is -0.125. The maximum Gasteiger partial charge on any atom is 0.266 e. The standard InChI is InChI=1S/C16H14BrN3O3/c1-10(16(22)18-11-5-3-2-4-6-11)20-14(21)9-23-12-7-8-13(17)19-15(12)20/h2-8,10H,9H2,1H3,(H,18,22). The van der Waals surface area contributed by atoms with Crippen LogP contribution in [0.15, 0.2) is 47.1 Å². The van der Waals surface area contributed by atoms with E-state index in [1.807, 2.05) is 18.2 Å². The van der Waals surface area contributed by atoms with Crippen molar-refractivity contribution >= 4 is 39.2 Å². The Morgan fingerprint density at radius 3 is 2.78 bits per heavy atom. The first-order valence-electron chi connectivity index (χ1n) is 7.03. The largest absolute Gasteiger partial charge is 0.480 e. The number of aromatic nitrogens is 1. The Kier molecular flexibility index (Phi) is 4.29. The SMILES string of the molecule is CC(C(=O)Nc1ccccc1)N1C(=O)COc2ccc(Br)nc21. The average Bonchev–Trinajstić information content (AvgIpc) is 2.55. The van der Waals surface area contributed by atoms with Crippen molar-refractivity contribution in [1.29, 1.82) is 0 Å². The van der Waals surface area contributed by atoms with Gasteiger partial charge in [0.1, 0.15) is 10.6 Å². The van der Waals surface area contributed by atoms with E-state index in [0.29, 0.717) is 21.9 Å². The molecule has 0 bridgehead atoms. The van der Waals surface area contributed by atoms with Gasteiger partial charge in [-0.05, 0) is 47.1 Å². The molecule has 1 aromatic carbocycles. The van der Waals surface area contributed by atoms with Gasteiger partial charge in [-0.3, -0.25) is 14.5 Å². The predicted octanol–water partition coefficient (Wildman–Crippen LogP) is 2.60. The molecule has 1 atom stereocenters. The highest BCUT2D eigenvalue weighted by Gasteiger charge is 2.34. The van der Waals surface area contributed by atoms with Crippen LogP contribution in [0.5, 0.6) is 5.75 Å². The van der Waals surface area contributed by atoms with Gasteiger partial charge in [0.05, 0.1) is 0 Å². The Morgan fingerprint density at radius 1 is 1.30 bits per heavy atom. The summed E-state index contributed by atoms with van der Waals surface area (Å²) in [5.41, 5.74) is 0.674. The van der Waals surface area contributed by atoms with E-state index in [9.17, 15) is 9.59 Å². The van der Waals surface area contributed by atoms with Crippen LogP contribution >= 0.6 is 15.9 Å². The molecule has 1 unspecified atom stereocenters. The molecule has 0 saturated carbocycles. The van der Waals surface area contributed by atoms with Crippen LogP contribution in [-0.2, 0) is 9.59 Å². The predicted molar refractivity (Wildman–Crippen MR) is 89.5 cm³/mol. The molecule has 3 rings (SSSR count). The molecule has 0 aliphatic carbocycles. The summed E-state index contributed by atoms with van der Waals surface area (Å²) in [6, 6.07) is 11.8. The zero-order chi connectivity index (χ0) is 16.4. The minimum absolute atomic E-state index is 0.112. The van der Waals surface area contributed by atoms with Crippen molar-refractivity contribution < 1.29 is 14.3 Å². The van der Waals surface area contributed by atoms with Crippen molar-refractivity contribution in [2.75, 3.05) is 16.8 Å². The van der Waals surface area contributed by atoms with Crippen LogP contribution in [0.25, 0.3) is 0 Å². The van der Waals surface area contributed by atoms with E-state index in [-0.39, 0.29) is 18.4 Å². The lowest BCUT2D eigenvalue weighted by Gasteiger charge is -2.32. The Morgan fingerprint density at radius 2 is 2.04 bits per heavy atom. The second-order valence-electron chi connectivity index (χ2n) is 5.04. The number of hydrogen-bond acceptors (Lipinski definition) is 4. The number of anilines is 2. The van der Waals surface area contributed by atoms with E-state index < -0.39 is 6.04 Å². The lowest BCUT2D eigenvalue weighted by Crippen LogP contribution is -2.50. The number of carbonyl (C=O) groups excluding carboxylic acids is 2. The summed E-state index contributed by atoms with van der Waals surface area (Å²) in [5.74, 6) is 0.219. The quantitative estimate of drug-likeness (QED) is 0.836. The highest BCUT2D eigenvalue weighted by molar-refractivity contribution is 9.10. The van der Waals surface area contributed by atoms with Gasteiger partial charge in [0, 0.05) is 5.69 Å². The average molecular weight is 376 g/mol. The van der Waals surface area contributed by atoms with Crippen molar-refractivity contribution in [3.8, 4) is 5.75 Å². The van der Waals surface area contributed by atoms with Crippen molar-refractivity contribution in [3.05, 3.63) is 47.1 Å². The summed E-state index contributed by atoms with van der Waals surface area (Å²) in [7, 11) is 0. The molecule has 0 spiro atoms. The van der Waals surface area contributed by atoms with Crippen molar-refractivity contribution in [2.45, 2.75) is 13.0 Å². The molecule has 0 saturated heterocycles. The van der Waals surface area contributed by atoms with E-state index in [4.69, 9.17) is 4.74 Å². The van der Waals surface area contributed by atoms with E-state index in [1.165, 1.54) is 4.90 Å². The van der Waals surface area contributed by atoms with Gasteiger partial charge in [-0.2, -0.15) is 0 Å². The maximum absolute atomic E-state index is 12.5. The van der Waals surface area contributed by atoms with E-state index in [1.54, 1.807) is 31.2 Å². The number of fused-ring (bicyclic) bond motifs is 1. The number of nitrogens with zero attached hydrogens (tertiary/aromatic N) is 2. The number of nitrogens with one attached hydrogen (secondary N) is 1. The highest BCUT2D eigenvalue weighted by atomic mass is 79.9. The van der Waals surface area contributed by atoms with Crippen LogP contribution in [0, 0.1) is 0 Å². The molecule has 7 heteroatoms. The van der Waals surface area contributed by atoms with Gasteiger partial charge in [-0.15, -0.1) is 0 Å². The topological polar surface area (TPSA) is 71.5 Å². The van der Waals surface area contributed by atoms with Crippen molar-refractivity contribution in [3.63, 3.8) is 0 Å². The first-order chi connectivity index (χ1) is 11.1. The zero-order valence-corrected chi connectivity index (χ0v) is 13.9. The number of pyridine rings is 1. The summed E-state index contributed by atoms with van der Waals surface area (Å²) >= 11 is 3.27. The fourth-order valence-electron chi connectivity index (χ4n) is 2.31. The Labute approximate surface area is 141 Å². The molecule has 1 N–H and O–H groups in total. The molecule has 118 valence electrons. The number of para-hydroxylation sites is 1. The molecule has 2 aromatic rings. The number of rotatable bonds is 3. The molecule has 23 heavy (non-hydrogen) atoms. The fourth-order valence-corrected chi connectivity index (χ4v) is 2.61. The molecule has 0 radical (unpaired) electrons. The Bertz CT molecular complexity index is 751. The summed E-state index contributed by atoms with van der Waals surface area (Å²) < 4.78 is 5.93. The summed E-state index contributed by atoms with van der Waals surface area (Å²) in [6.45, 7) is 1.55. The molecule has 0 fully saturated rings. The second-order valence-corrected chi connectivity index (χ2v) is 5.85. The molecule has 1 aliphatic rings. The second kappa shape index (κ2) is 6.37. The third kappa shape index (κ3) is 3.19. The van der Waals surface area contributed by atoms with Gasteiger partial charge in [-0.25, -0.2) is 4.98 Å². The number of amides is 2. The van der Waals surface area contributed by atoms with Gasteiger partial charge in [0.2, 0.25) is 5.91 Å². The number of hydrogen-bond donors (Lipinski definition) is 1. The maximum atomic E-state index is 12.5. The molecular formula is C16H14BrN3O3. The number of carbonyl (C=O) groups is 2. The van der Waals surface area contributed by atoms with Gasteiger partial charge in [0.25, 0.3) is 5.91 Å². The van der Waals surface area contributed by atoms with Crippen LogP contribution in [0.3, 0.4) is 0 Å². The normalized spacial score (nSPS) is 14.7. The Hall–Kier alpha value is -2.41. The molecular weight excluding hydrogens is 362 g/mol. The summed E-state index contributed by atoms with van der Waals surface area (Å²) in [5, 5.41) is 2.79. The van der Waals surface area contributed by atoms with Crippen molar-refractivity contribution in [2.24, 2.45) is 0 Å². The zero-order valence-electron chi connectivity index (χ0n) is 12.3. The van der Waals surface area contributed by atoms with Gasteiger partial charge in [-0.1, -0.05) is 18.2 Å².